The van der Waals surface area contributed by atoms with E-state index in [9.17, 15) is 8.78 Å². The maximum Gasteiger partial charge on any atom is 0.191 e. The van der Waals surface area contributed by atoms with E-state index in [-0.39, 0.29) is 42.2 Å². The smallest absolute Gasteiger partial charge is 0.191 e. The Morgan fingerprint density at radius 1 is 1.04 bits per heavy atom. The first kappa shape index (κ1) is 23.3. The molecule has 0 amide bonds. The maximum absolute atomic E-state index is 13.7. The molecule has 2 aromatic carbocycles. The number of hydrogen-bond acceptors (Lipinski definition) is 2. The van der Waals surface area contributed by atoms with Crippen LogP contribution < -0.4 is 10.6 Å². The molecule has 2 rings (SSSR count). The van der Waals surface area contributed by atoms with E-state index in [1.807, 2.05) is 13.0 Å². The summed E-state index contributed by atoms with van der Waals surface area (Å²) in [6, 6.07) is 10.0. The summed E-state index contributed by atoms with van der Waals surface area (Å²) in [6.07, 6.45) is 0. The van der Waals surface area contributed by atoms with Gasteiger partial charge in [-0.05, 0) is 48.7 Å². The number of aliphatic imine (C=N–C) groups is 1. The highest BCUT2D eigenvalue weighted by atomic mass is 127. The Hall–Kier alpha value is -1.74. The second-order valence-electron chi connectivity index (χ2n) is 5.99. The fraction of sp³-hybridized carbons (Fsp3) is 0.350. The van der Waals surface area contributed by atoms with Crippen LogP contribution in [0.3, 0.4) is 0 Å². The summed E-state index contributed by atoms with van der Waals surface area (Å²) in [4.78, 5) is 4.51. The normalized spacial score (nSPS) is 11.1. The van der Waals surface area contributed by atoms with E-state index in [1.54, 1.807) is 25.1 Å². The molecule has 0 aliphatic carbocycles. The minimum Gasteiger partial charge on any atom is -0.380 e. The van der Waals surface area contributed by atoms with Crippen molar-refractivity contribution in [1.29, 1.82) is 0 Å². The van der Waals surface area contributed by atoms with Gasteiger partial charge in [0.2, 0.25) is 0 Å². The summed E-state index contributed by atoms with van der Waals surface area (Å²) in [5.41, 5.74) is 2.85. The molecule has 0 fully saturated rings. The molecule has 0 unspecified atom stereocenters. The van der Waals surface area contributed by atoms with Gasteiger partial charge in [0.15, 0.2) is 5.96 Å². The van der Waals surface area contributed by atoms with Gasteiger partial charge in [0.25, 0.3) is 0 Å². The topological polar surface area (TPSA) is 45.7 Å². The van der Waals surface area contributed by atoms with Gasteiger partial charge in [0.05, 0.1) is 13.2 Å². The zero-order chi connectivity index (χ0) is 18.9. The number of nitrogens with one attached hydrogen (secondary N) is 2. The molecule has 7 heteroatoms. The Labute approximate surface area is 176 Å². The number of benzene rings is 2. The van der Waals surface area contributed by atoms with Crippen LogP contribution in [-0.4, -0.2) is 19.6 Å². The summed E-state index contributed by atoms with van der Waals surface area (Å²) in [5.74, 6) is 0.111. The van der Waals surface area contributed by atoms with Crippen LogP contribution in [0.2, 0.25) is 0 Å². The Kier molecular flexibility index (Phi) is 10.2. The van der Waals surface area contributed by atoms with E-state index < -0.39 is 0 Å². The summed E-state index contributed by atoms with van der Waals surface area (Å²) in [5, 5.41) is 6.33. The zero-order valence-electron chi connectivity index (χ0n) is 15.8. The molecule has 0 aliphatic rings. The molecule has 2 aromatic rings. The van der Waals surface area contributed by atoms with E-state index in [2.05, 4.69) is 15.6 Å². The predicted molar refractivity (Wildman–Crippen MR) is 115 cm³/mol. The molecule has 4 nitrogen and oxygen atoms in total. The third-order valence-electron chi connectivity index (χ3n) is 3.87. The van der Waals surface area contributed by atoms with E-state index in [0.29, 0.717) is 36.7 Å². The fourth-order valence-corrected chi connectivity index (χ4v) is 2.44. The SMILES string of the molecule is CCNC(=NCc1ccc(F)c(COC)c1)NCc1ccc(C)c(F)c1.I. The van der Waals surface area contributed by atoms with Crippen LogP contribution in [0, 0.1) is 18.6 Å². The predicted octanol–water partition coefficient (Wildman–Crippen LogP) is 4.29. The van der Waals surface area contributed by atoms with E-state index in [1.165, 1.54) is 19.2 Å². The van der Waals surface area contributed by atoms with Crippen molar-refractivity contribution in [3.8, 4) is 0 Å². The van der Waals surface area contributed by atoms with Crippen molar-refractivity contribution in [2.24, 2.45) is 4.99 Å². The lowest BCUT2D eigenvalue weighted by Gasteiger charge is -2.12. The molecule has 0 aromatic heterocycles. The molecule has 0 aliphatic heterocycles. The average molecular weight is 489 g/mol. The summed E-state index contributed by atoms with van der Waals surface area (Å²) in [6.45, 7) is 5.49. The highest BCUT2D eigenvalue weighted by molar-refractivity contribution is 14.0. The van der Waals surface area contributed by atoms with Gasteiger partial charge in [-0.3, -0.25) is 0 Å². The molecule has 0 saturated carbocycles. The minimum atomic E-state index is -0.286. The van der Waals surface area contributed by atoms with Gasteiger partial charge in [-0.2, -0.15) is 0 Å². The van der Waals surface area contributed by atoms with Gasteiger partial charge in [-0.25, -0.2) is 13.8 Å². The van der Waals surface area contributed by atoms with Gasteiger partial charge in [0.1, 0.15) is 11.6 Å². The second-order valence-corrected chi connectivity index (χ2v) is 5.99. The van der Waals surface area contributed by atoms with Crippen LogP contribution >= 0.6 is 24.0 Å². The lowest BCUT2D eigenvalue weighted by molar-refractivity contribution is 0.181. The minimum absolute atomic E-state index is 0. The van der Waals surface area contributed by atoms with Gasteiger partial charge >= 0.3 is 0 Å². The first-order valence-electron chi connectivity index (χ1n) is 8.57. The van der Waals surface area contributed by atoms with Crippen LogP contribution in [0.1, 0.15) is 29.2 Å². The van der Waals surface area contributed by atoms with Crippen molar-refractivity contribution in [1.82, 2.24) is 10.6 Å². The quantitative estimate of drug-likeness (QED) is 0.347. The monoisotopic (exact) mass is 489 g/mol. The third kappa shape index (κ3) is 7.42. The van der Waals surface area contributed by atoms with Crippen LogP contribution in [-0.2, 0) is 24.4 Å². The summed E-state index contributed by atoms with van der Waals surface area (Å²) < 4.78 is 32.3. The van der Waals surface area contributed by atoms with Gasteiger partial charge in [0, 0.05) is 25.8 Å². The lowest BCUT2D eigenvalue weighted by Crippen LogP contribution is -2.36. The number of methoxy groups -OCH3 is 1. The summed E-state index contributed by atoms with van der Waals surface area (Å²) in [7, 11) is 1.53. The van der Waals surface area contributed by atoms with E-state index in [0.717, 1.165) is 11.1 Å². The third-order valence-corrected chi connectivity index (χ3v) is 3.87. The Morgan fingerprint density at radius 2 is 1.78 bits per heavy atom. The Balaban J connectivity index is 0.00000364. The number of halogens is 3. The molecule has 0 atom stereocenters. The first-order chi connectivity index (χ1) is 12.5. The van der Waals surface area contributed by atoms with Crippen LogP contribution in [0.4, 0.5) is 8.78 Å². The molecule has 0 heterocycles. The number of guanidine groups is 1. The van der Waals surface area contributed by atoms with Crippen molar-refractivity contribution >= 4 is 29.9 Å². The maximum atomic E-state index is 13.7. The molecule has 0 spiro atoms. The highest BCUT2D eigenvalue weighted by Gasteiger charge is 2.05. The number of nitrogens with zero attached hydrogens (tertiary/aromatic N) is 1. The van der Waals surface area contributed by atoms with E-state index >= 15 is 0 Å². The standard InChI is InChI=1S/C20H25F2N3O.HI/c1-4-23-20(25-12-16-6-5-14(2)19(22)10-16)24-11-15-7-8-18(21)17(9-15)13-26-3;/h5-10H,4,11-13H2,1-3H3,(H2,23,24,25);1H. The Bertz CT molecular complexity index is 769. The number of ether oxygens (including phenoxy) is 1. The molecule has 0 saturated heterocycles. The molecular formula is C20H26F2IN3O. The molecule has 148 valence electrons. The fourth-order valence-electron chi connectivity index (χ4n) is 2.44. The first-order valence-corrected chi connectivity index (χ1v) is 8.57. The van der Waals surface area contributed by atoms with Crippen LogP contribution in [0.5, 0.6) is 0 Å². The van der Waals surface area contributed by atoms with Crippen molar-refractivity contribution < 1.29 is 13.5 Å². The zero-order valence-corrected chi connectivity index (χ0v) is 18.1. The number of rotatable bonds is 7. The van der Waals surface area contributed by atoms with Crippen molar-refractivity contribution in [3.05, 3.63) is 70.3 Å². The Morgan fingerprint density at radius 3 is 2.44 bits per heavy atom. The lowest BCUT2D eigenvalue weighted by atomic mass is 10.1. The number of aryl methyl sites for hydroxylation is 1. The van der Waals surface area contributed by atoms with Gasteiger partial charge in [-0.15, -0.1) is 24.0 Å². The average Bonchev–Trinajstić information content (AvgIpc) is 2.63. The van der Waals surface area contributed by atoms with Crippen molar-refractivity contribution in [3.63, 3.8) is 0 Å². The van der Waals surface area contributed by atoms with Gasteiger partial charge < -0.3 is 15.4 Å². The molecular weight excluding hydrogens is 463 g/mol. The van der Waals surface area contributed by atoms with E-state index in [4.69, 9.17) is 4.74 Å². The molecule has 0 radical (unpaired) electrons. The molecule has 2 N–H and O–H groups in total. The van der Waals surface area contributed by atoms with Crippen LogP contribution in [0.15, 0.2) is 41.4 Å². The van der Waals surface area contributed by atoms with Crippen LogP contribution in [0.25, 0.3) is 0 Å². The number of hydrogen-bond donors (Lipinski definition) is 2. The highest BCUT2D eigenvalue weighted by Crippen LogP contribution is 2.13. The second kappa shape index (κ2) is 11.9. The van der Waals surface area contributed by atoms with Gasteiger partial charge in [-0.1, -0.05) is 18.2 Å². The van der Waals surface area contributed by atoms with Crippen molar-refractivity contribution in [2.45, 2.75) is 33.5 Å². The molecule has 0 bridgehead atoms. The summed E-state index contributed by atoms with van der Waals surface area (Å²) >= 11 is 0. The molecule has 27 heavy (non-hydrogen) atoms. The van der Waals surface area contributed by atoms with Crippen molar-refractivity contribution in [2.75, 3.05) is 13.7 Å². The largest absolute Gasteiger partial charge is 0.380 e.